The molecule has 1 rings (SSSR count). The van der Waals surface area contributed by atoms with Gasteiger partial charge in [0, 0.05) is 0 Å². The number of carboxylic acids is 2. The lowest BCUT2D eigenvalue weighted by Crippen LogP contribution is -2.13. The standard InChI is InChI=1S/C8H5F3O4S/c9-8(10,11)2-3-1-4(6(12)13)16-5(3)7(14)15/h1H,2H2,(H,12,13)(H,14,15). The van der Waals surface area contributed by atoms with Crippen molar-refractivity contribution in [3.8, 4) is 0 Å². The molecule has 0 amide bonds. The zero-order chi connectivity index (χ0) is 12.5. The van der Waals surface area contributed by atoms with Gasteiger partial charge in [-0.1, -0.05) is 0 Å². The van der Waals surface area contributed by atoms with Crippen LogP contribution in [0.15, 0.2) is 6.07 Å². The van der Waals surface area contributed by atoms with Gasteiger partial charge in [-0.15, -0.1) is 11.3 Å². The Labute approximate surface area is 90.9 Å². The maximum atomic E-state index is 12.1. The molecular formula is C8H5F3O4S. The van der Waals surface area contributed by atoms with Gasteiger partial charge in [-0.05, 0) is 11.6 Å². The Bertz CT molecular complexity index is 435. The number of hydrogen-bond acceptors (Lipinski definition) is 3. The molecule has 16 heavy (non-hydrogen) atoms. The first kappa shape index (κ1) is 12.5. The van der Waals surface area contributed by atoms with Crippen molar-refractivity contribution in [2.45, 2.75) is 12.6 Å². The van der Waals surface area contributed by atoms with Crippen LogP contribution in [0.5, 0.6) is 0 Å². The fourth-order valence-corrected chi connectivity index (χ4v) is 1.92. The van der Waals surface area contributed by atoms with Crippen molar-refractivity contribution in [2.24, 2.45) is 0 Å². The number of rotatable bonds is 3. The molecule has 0 aliphatic rings. The van der Waals surface area contributed by atoms with Gasteiger partial charge in [-0.2, -0.15) is 13.2 Å². The average molecular weight is 254 g/mol. The number of aromatic carboxylic acids is 2. The fraction of sp³-hybridized carbons (Fsp3) is 0.250. The van der Waals surface area contributed by atoms with Gasteiger partial charge in [0.2, 0.25) is 0 Å². The third kappa shape index (κ3) is 2.96. The van der Waals surface area contributed by atoms with Gasteiger partial charge >= 0.3 is 18.1 Å². The van der Waals surface area contributed by atoms with Crippen molar-refractivity contribution in [3.05, 3.63) is 21.4 Å². The van der Waals surface area contributed by atoms with Gasteiger partial charge in [0.05, 0.1) is 6.42 Å². The fourth-order valence-electron chi connectivity index (χ4n) is 1.06. The summed E-state index contributed by atoms with van der Waals surface area (Å²) in [7, 11) is 0. The number of alkyl halides is 3. The summed E-state index contributed by atoms with van der Waals surface area (Å²) in [5, 5.41) is 17.1. The molecule has 0 spiro atoms. The van der Waals surface area contributed by atoms with Crippen molar-refractivity contribution in [1.82, 2.24) is 0 Å². The van der Waals surface area contributed by atoms with E-state index in [0.29, 0.717) is 11.3 Å². The number of thiophene rings is 1. The van der Waals surface area contributed by atoms with E-state index in [1.807, 2.05) is 0 Å². The van der Waals surface area contributed by atoms with E-state index < -0.39 is 39.9 Å². The molecule has 0 saturated carbocycles. The molecular weight excluding hydrogens is 249 g/mol. The second-order valence-corrected chi connectivity index (χ2v) is 3.92. The van der Waals surface area contributed by atoms with Crippen LogP contribution < -0.4 is 0 Å². The van der Waals surface area contributed by atoms with E-state index >= 15 is 0 Å². The van der Waals surface area contributed by atoms with E-state index in [2.05, 4.69) is 0 Å². The molecule has 0 fully saturated rings. The van der Waals surface area contributed by atoms with E-state index in [1.165, 1.54) is 0 Å². The summed E-state index contributed by atoms with van der Waals surface area (Å²) in [6, 6.07) is 0.740. The van der Waals surface area contributed by atoms with Crippen molar-refractivity contribution >= 4 is 23.3 Å². The van der Waals surface area contributed by atoms with Crippen LogP contribution in [0.25, 0.3) is 0 Å². The predicted molar refractivity (Wildman–Crippen MR) is 48.0 cm³/mol. The highest BCUT2D eigenvalue weighted by molar-refractivity contribution is 7.16. The molecule has 8 heteroatoms. The lowest BCUT2D eigenvalue weighted by Gasteiger charge is -2.04. The number of carbonyl (C=O) groups is 2. The largest absolute Gasteiger partial charge is 0.477 e. The maximum Gasteiger partial charge on any atom is 0.393 e. The van der Waals surface area contributed by atoms with E-state index in [-0.39, 0.29) is 0 Å². The van der Waals surface area contributed by atoms with Gasteiger partial charge in [-0.25, -0.2) is 9.59 Å². The Morgan fingerprint density at radius 1 is 1.25 bits per heavy atom. The molecule has 0 atom stereocenters. The normalized spacial score (nSPS) is 11.4. The second-order valence-electron chi connectivity index (χ2n) is 2.87. The highest BCUT2D eigenvalue weighted by Crippen LogP contribution is 2.29. The molecule has 88 valence electrons. The van der Waals surface area contributed by atoms with Crippen LogP contribution in [0, 0.1) is 0 Å². The molecule has 0 aliphatic carbocycles. The van der Waals surface area contributed by atoms with Gasteiger partial charge in [0.25, 0.3) is 0 Å². The molecule has 1 aromatic heterocycles. The number of carboxylic acid groups (broad SMARTS) is 2. The molecule has 4 nitrogen and oxygen atoms in total. The SMILES string of the molecule is O=C(O)c1cc(CC(F)(F)F)c(C(=O)O)s1. The molecule has 0 aromatic carbocycles. The van der Waals surface area contributed by atoms with Crippen molar-refractivity contribution in [1.29, 1.82) is 0 Å². The molecule has 0 radical (unpaired) electrons. The van der Waals surface area contributed by atoms with Crippen LogP contribution in [0.3, 0.4) is 0 Å². The highest BCUT2D eigenvalue weighted by Gasteiger charge is 2.32. The zero-order valence-electron chi connectivity index (χ0n) is 7.54. The maximum absolute atomic E-state index is 12.1. The Hall–Kier alpha value is -1.57. The van der Waals surface area contributed by atoms with E-state index in [4.69, 9.17) is 10.2 Å². The predicted octanol–water partition coefficient (Wildman–Crippen LogP) is 2.25. The van der Waals surface area contributed by atoms with Gasteiger partial charge < -0.3 is 10.2 Å². The number of hydrogen-bond donors (Lipinski definition) is 2. The van der Waals surface area contributed by atoms with Crippen molar-refractivity contribution in [2.75, 3.05) is 0 Å². The summed E-state index contributed by atoms with van der Waals surface area (Å²) in [4.78, 5) is 20.1. The van der Waals surface area contributed by atoms with Crippen molar-refractivity contribution < 1.29 is 33.0 Å². The van der Waals surface area contributed by atoms with Crippen LogP contribution in [-0.2, 0) is 6.42 Å². The van der Waals surface area contributed by atoms with Gasteiger partial charge in [0.1, 0.15) is 9.75 Å². The summed E-state index contributed by atoms with van der Waals surface area (Å²) in [5.74, 6) is -3.00. The molecule has 0 unspecified atom stereocenters. The van der Waals surface area contributed by atoms with Gasteiger partial charge in [0.15, 0.2) is 0 Å². The van der Waals surface area contributed by atoms with Crippen molar-refractivity contribution in [3.63, 3.8) is 0 Å². The van der Waals surface area contributed by atoms with E-state index in [0.717, 1.165) is 6.07 Å². The second kappa shape index (κ2) is 4.12. The summed E-state index contributed by atoms with van der Waals surface area (Å²) in [5.41, 5.74) is -0.526. The Balaban J connectivity index is 3.15. The van der Waals surface area contributed by atoms with E-state index in [9.17, 15) is 22.8 Å². The molecule has 0 saturated heterocycles. The quantitative estimate of drug-likeness (QED) is 0.867. The number of halogens is 3. The third-order valence-electron chi connectivity index (χ3n) is 1.60. The summed E-state index contributed by atoms with van der Waals surface area (Å²) in [6.45, 7) is 0. The molecule has 1 aromatic rings. The Kier molecular flexibility index (Phi) is 3.22. The minimum Gasteiger partial charge on any atom is -0.477 e. The molecule has 2 N–H and O–H groups in total. The Morgan fingerprint density at radius 2 is 1.81 bits per heavy atom. The lowest BCUT2D eigenvalue weighted by molar-refractivity contribution is -0.127. The monoisotopic (exact) mass is 254 g/mol. The van der Waals surface area contributed by atoms with Crippen LogP contribution in [0.1, 0.15) is 24.9 Å². The Morgan fingerprint density at radius 3 is 2.19 bits per heavy atom. The summed E-state index contributed by atoms with van der Waals surface area (Å²) < 4.78 is 36.2. The van der Waals surface area contributed by atoms with Crippen LogP contribution in [0.4, 0.5) is 13.2 Å². The molecule has 0 bridgehead atoms. The molecule has 0 aliphatic heterocycles. The minimum absolute atomic E-state index is 0.317. The minimum atomic E-state index is -4.57. The lowest BCUT2D eigenvalue weighted by atomic mass is 10.1. The highest BCUT2D eigenvalue weighted by atomic mass is 32.1. The topological polar surface area (TPSA) is 74.6 Å². The summed E-state index contributed by atoms with van der Waals surface area (Å²) in [6.07, 6.45) is -6.01. The zero-order valence-corrected chi connectivity index (χ0v) is 8.35. The summed E-state index contributed by atoms with van der Waals surface area (Å²) >= 11 is 0.317. The van der Waals surface area contributed by atoms with E-state index in [1.54, 1.807) is 0 Å². The van der Waals surface area contributed by atoms with Crippen LogP contribution in [0.2, 0.25) is 0 Å². The molecule has 1 heterocycles. The van der Waals surface area contributed by atoms with Crippen LogP contribution in [-0.4, -0.2) is 28.3 Å². The first-order chi connectivity index (χ1) is 7.20. The average Bonchev–Trinajstić information content (AvgIpc) is 2.44. The van der Waals surface area contributed by atoms with Crippen LogP contribution >= 0.6 is 11.3 Å². The first-order valence-corrected chi connectivity index (χ1v) is 4.68. The smallest absolute Gasteiger partial charge is 0.393 e. The van der Waals surface area contributed by atoms with Gasteiger partial charge in [-0.3, -0.25) is 0 Å². The first-order valence-electron chi connectivity index (χ1n) is 3.87. The third-order valence-corrected chi connectivity index (χ3v) is 2.76.